The molecule has 0 bridgehead atoms. The maximum absolute atomic E-state index is 12.4. The molecule has 2 heterocycles. The van der Waals surface area contributed by atoms with Crippen LogP contribution in [0.15, 0.2) is 21.5 Å². The fourth-order valence-corrected chi connectivity index (χ4v) is 3.47. The van der Waals surface area contributed by atoms with Crippen molar-refractivity contribution in [2.24, 2.45) is 16.6 Å². The molecule has 0 aliphatic carbocycles. The van der Waals surface area contributed by atoms with Crippen LogP contribution in [0.25, 0.3) is 0 Å². The molecule has 0 aromatic carbocycles. The molecule has 31 heavy (non-hydrogen) atoms. The number of carbonyl (C=O) groups is 2. The summed E-state index contributed by atoms with van der Waals surface area (Å²) in [6.07, 6.45) is 1.69. The Hall–Kier alpha value is -2.71. The fraction of sp³-hybridized carbons (Fsp3) is 0.682. The van der Waals surface area contributed by atoms with Crippen LogP contribution in [0, 0.1) is 5.92 Å². The highest BCUT2D eigenvalue weighted by Crippen LogP contribution is 2.20. The van der Waals surface area contributed by atoms with Crippen molar-refractivity contribution in [2.75, 3.05) is 32.7 Å². The maximum atomic E-state index is 12.4. The van der Waals surface area contributed by atoms with Crippen molar-refractivity contribution >= 4 is 18.0 Å². The van der Waals surface area contributed by atoms with Gasteiger partial charge in [-0.2, -0.15) is 0 Å². The van der Waals surface area contributed by atoms with Gasteiger partial charge in [0.15, 0.2) is 11.7 Å². The first kappa shape index (κ1) is 24.6. The van der Waals surface area contributed by atoms with Crippen molar-refractivity contribution in [1.29, 1.82) is 0 Å². The number of carbonyl (C=O) groups excluding carboxylic acids is 2. The van der Waals surface area contributed by atoms with Gasteiger partial charge in [0.2, 0.25) is 0 Å². The van der Waals surface area contributed by atoms with Gasteiger partial charge in [0.1, 0.15) is 17.9 Å². The summed E-state index contributed by atoms with van der Waals surface area (Å²) in [6, 6.07) is 3.28. The monoisotopic (exact) mass is 435 g/mol. The highest BCUT2D eigenvalue weighted by Gasteiger charge is 2.27. The van der Waals surface area contributed by atoms with E-state index in [1.54, 1.807) is 17.0 Å². The van der Waals surface area contributed by atoms with Crippen molar-refractivity contribution in [3.63, 3.8) is 0 Å². The number of aliphatic imine (C=N–C) groups is 1. The van der Waals surface area contributed by atoms with E-state index in [2.05, 4.69) is 15.2 Å². The molecule has 1 saturated heterocycles. The molecular weight excluding hydrogens is 398 g/mol. The summed E-state index contributed by atoms with van der Waals surface area (Å²) in [5, 5.41) is 3.32. The quantitative estimate of drug-likeness (QED) is 0.503. The second-order valence-electron chi connectivity index (χ2n) is 8.75. The number of rotatable bonds is 7. The number of hydrogen-bond acceptors (Lipinski definition) is 5. The van der Waals surface area contributed by atoms with Gasteiger partial charge in [-0.15, -0.1) is 0 Å². The van der Waals surface area contributed by atoms with Crippen LogP contribution in [-0.2, 0) is 11.3 Å². The van der Waals surface area contributed by atoms with Gasteiger partial charge in [0.05, 0.1) is 0 Å². The van der Waals surface area contributed by atoms with Crippen LogP contribution in [0.5, 0.6) is 0 Å². The summed E-state index contributed by atoms with van der Waals surface area (Å²) in [5.41, 5.74) is 4.74. The highest BCUT2D eigenvalue weighted by atomic mass is 16.6. The summed E-state index contributed by atoms with van der Waals surface area (Å²) in [4.78, 5) is 32.3. The number of guanidine groups is 1. The molecular formula is C22H37N5O4. The van der Waals surface area contributed by atoms with Crippen LogP contribution in [0.3, 0.4) is 0 Å². The van der Waals surface area contributed by atoms with E-state index in [1.165, 1.54) is 0 Å². The lowest BCUT2D eigenvalue weighted by Crippen LogP contribution is -2.47. The second-order valence-corrected chi connectivity index (χ2v) is 8.75. The molecule has 9 nitrogen and oxygen atoms in total. The zero-order valence-corrected chi connectivity index (χ0v) is 19.4. The van der Waals surface area contributed by atoms with Crippen molar-refractivity contribution in [2.45, 2.75) is 59.6 Å². The normalized spacial score (nSPS) is 15.6. The van der Waals surface area contributed by atoms with E-state index in [9.17, 15) is 9.59 Å². The summed E-state index contributed by atoms with van der Waals surface area (Å²) in [5.74, 6) is 1.39. The Kier molecular flexibility index (Phi) is 8.76. The van der Waals surface area contributed by atoms with Crippen molar-refractivity contribution < 1.29 is 18.7 Å². The number of nitrogens with zero attached hydrogens (tertiary/aromatic N) is 3. The Morgan fingerprint density at radius 3 is 2.48 bits per heavy atom. The average molecular weight is 436 g/mol. The SMILES string of the molecule is CCNC(=NCc1ccc(C(N)=O)o1)N1CCC(CN(CC)C(=O)OC(C)(C)C)CC1. The van der Waals surface area contributed by atoms with E-state index in [4.69, 9.17) is 14.9 Å². The summed E-state index contributed by atoms with van der Waals surface area (Å²) >= 11 is 0. The number of likely N-dealkylation sites (tertiary alicyclic amines) is 1. The number of ether oxygens (including phenoxy) is 1. The van der Waals surface area contributed by atoms with Gasteiger partial charge in [0, 0.05) is 32.7 Å². The van der Waals surface area contributed by atoms with Gasteiger partial charge in [-0.3, -0.25) is 4.79 Å². The van der Waals surface area contributed by atoms with Gasteiger partial charge < -0.3 is 30.0 Å². The van der Waals surface area contributed by atoms with E-state index in [0.29, 0.717) is 31.3 Å². The van der Waals surface area contributed by atoms with Gasteiger partial charge >= 0.3 is 6.09 Å². The van der Waals surface area contributed by atoms with Gasteiger partial charge in [0.25, 0.3) is 5.91 Å². The number of primary amides is 1. The lowest BCUT2D eigenvalue weighted by atomic mass is 9.96. The molecule has 0 radical (unpaired) electrons. The van der Waals surface area contributed by atoms with Gasteiger partial charge in [-0.25, -0.2) is 9.79 Å². The highest BCUT2D eigenvalue weighted by molar-refractivity contribution is 5.89. The smallest absolute Gasteiger partial charge is 0.410 e. The Bertz CT molecular complexity index is 760. The minimum atomic E-state index is -0.586. The molecule has 1 aliphatic heterocycles. The predicted molar refractivity (Wildman–Crippen MR) is 120 cm³/mol. The molecule has 0 saturated carbocycles. The third kappa shape index (κ3) is 7.80. The molecule has 1 aromatic heterocycles. The Balaban J connectivity index is 1.91. The zero-order valence-electron chi connectivity index (χ0n) is 19.4. The zero-order chi connectivity index (χ0) is 23.0. The first-order chi connectivity index (χ1) is 14.6. The van der Waals surface area contributed by atoms with Crippen LogP contribution in [-0.4, -0.2) is 66.1 Å². The number of piperidine rings is 1. The number of nitrogens with one attached hydrogen (secondary N) is 1. The minimum absolute atomic E-state index is 0.140. The molecule has 2 rings (SSSR count). The molecule has 3 N–H and O–H groups in total. The van der Waals surface area contributed by atoms with E-state index >= 15 is 0 Å². The standard InChI is InChI=1S/C22H37N5O4/c1-6-24-20(25-14-17-8-9-18(30-17)19(23)28)27-12-10-16(11-13-27)15-26(7-2)21(29)31-22(3,4)5/h8-9,16H,6-7,10-15H2,1-5H3,(H2,23,28)(H,24,25). The first-order valence-electron chi connectivity index (χ1n) is 11.0. The van der Waals surface area contributed by atoms with E-state index in [0.717, 1.165) is 38.4 Å². The lowest BCUT2D eigenvalue weighted by molar-refractivity contribution is 0.0214. The number of hydrogen-bond donors (Lipinski definition) is 2. The van der Waals surface area contributed by atoms with Gasteiger partial charge in [-0.05, 0) is 65.5 Å². The Morgan fingerprint density at radius 1 is 1.29 bits per heavy atom. The third-order valence-corrected chi connectivity index (χ3v) is 5.05. The Labute approximate surface area is 185 Å². The van der Waals surface area contributed by atoms with Crippen LogP contribution in [0.4, 0.5) is 4.79 Å². The predicted octanol–water partition coefficient (Wildman–Crippen LogP) is 2.81. The van der Waals surface area contributed by atoms with E-state index in [-0.39, 0.29) is 11.9 Å². The number of amides is 2. The van der Waals surface area contributed by atoms with Crippen molar-refractivity contribution in [3.8, 4) is 0 Å². The van der Waals surface area contributed by atoms with Crippen molar-refractivity contribution in [3.05, 3.63) is 23.7 Å². The third-order valence-electron chi connectivity index (χ3n) is 5.05. The molecule has 0 atom stereocenters. The minimum Gasteiger partial charge on any atom is -0.454 e. The van der Waals surface area contributed by atoms with Crippen LogP contribution < -0.4 is 11.1 Å². The number of nitrogens with two attached hydrogens (primary N) is 1. The Morgan fingerprint density at radius 2 is 1.97 bits per heavy atom. The summed E-state index contributed by atoms with van der Waals surface area (Å²) < 4.78 is 10.9. The average Bonchev–Trinajstić information content (AvgIpc) is 3.18. The lowest BCUT2D eigenvalue weighted by Gasteiger charge is -2.36. The summed E-state index contributed by atoms with van der Waals surface area (Å²) in [6.45, 7) is 13.8. The molecule has 0 unspecified atom stereocenters. The van der Waals surface area contributed by atoms with Gasteiger partial charge in [-0.1, -0.05) is 0 Å². The number of furan rings is 1. The molecule has 1 aliphatic rings. The molecule has 2 amide bonds. The second kappa shape index (κ2) is 11.1. The molecule has 1 fully saturated rings. The molecule has 9 heteroatoms. The molecule has 0 spiro atoms. The fourth-order valence-electron chi connectivity index (χ4n) is 3.47. The van der Waals surface area contributed by atoms with Crippen LogP contribution in [0.1, 0.15) is 63.8 Å². The topological polar surface area (TPSA) is 113 Å². The first-order valence-corrected chi connectivity index (χ1v) is 11.0. The van der Waals surface area contributed by atoms with Crippen LogP contribution >= 0.6 is 0 Å². The molecule has 1 aromatic rings. The van der Waals surface area contributed by atoms with Crippen LogP contribution in [0.2, 0.25) is 0 Å². The maximum Gasteiger partial charge on any atom is 0.410 e. The van der Waals surface area contributed by atoms with Crippen molar-refractivity contribution in [1.82, 2.24) is 15.1 Å². The van der Waals surface area contributed by atoms with E-state index < -0.39 is 11.5 Å². The van der Waals surface area contributed by atoms with E-state index in [1.807, 2.05) is 34.6 Å². The summed E-state index contributed by atoms with van der Waals surface area (Å²) in [7, 11) is 0. The largest absolute Gasteiger partial charge is 0.454 e. The molecule has 174 valence electrons.